The summed E-state index contributed by atoms with van der Waals surface area (Å²) in [7, 11) is 0. The van der Waals surface area contributed by atoms with Gasteiger partial charge in [-0.3, -0.25) is 9.79 Å². The van der Waals surface area contributed by atoms with Gasteiger partial charge < -0.3 is 4.74 Å². The van der Waals surface area contributed by atoms with E-state index in [9.17, 15) is 4.79 Å². The third-order valence-corrected chi connectivity index (χ3v) is 9.02. The second-order valence-corrected chi connectivity index (χ2v) is 9.69. The molecule has 27 heavy (non-hydrogen) atoms. The summed E-state index contributed by atoms with van der Waals surface area (Å²) < 4.78 is 5.28. The van der Waals surface area contributed by atoms with Crippen molar-refractivity contribution in [2.45, 2.75) is 63.7 Å². The smallest absolute Gasteiger partial charge is 0.314 e. The fraction of sp³-hybridized carbons (Fsp3) is 0.667. The van der Waals surface area contributed by atoms with Crippen molar-refractivity contribution in [3.8, 4) is 0 Å². The molecule has 5 aliphatic rings. The van der Waals surface area contributed by atoms with Crippen molar-refractivity contribution in [3.05, 3.63) is 29.8 Å². The zero-order chi connectivity index (χ0) is 18.2. The van der Waals surface area contributed by atoms with Crippen molar-refractivity contribution in [1.29, 1.82) is 0 Å². The van der Waals surface area contributed by atoms with Gasteiger partial charge in [-0.05, 0) is 92.7 Å². The summed E-state index contributed by atoms with van der Waals surface area (Å²) >= 11 is 0. The van der Waals surface area contributed by atoms with E-state index in [0.29, 0.717) is 12.0 Å². The topological polar surface area (TPSA) is 38.7 Å². The van der Waals surface area contributed by atoms with Gasteiger partial charge in [0, 0.05) is 11.1 Å². The zero-order valence-corrected chi connectivity index (χ0v) is 16.2. The molecule has 1 aromatic carbocycles. The Bertz CT molecular complexity index is 798. The van der Waals surface area contributed by atoms with Gasteiger partial charge in [-0.25, -0.2) is 0 Å². The number of benzene rings is 1. The molecule has 3 atom stereocenters. The van der Waals surface area contributed by atoms with Crippen molar-refractivity contribution >= 4 is 17.4 Å². The average Bonchev–Trinajstić information content (AvgIpc) is 2.61. The summed E-state index contributed by atoms with van der Waals surface area (Å²) in [6, 6.07) is 9.07. The van der Waals surface area contributed by atoms with Crippen LogP contribution in [0.2, 0.25) is 0 Å². The molecular formula is C24H29NO2. The first kappa shape index (κ1) is 16.3. The predicted molar refractivity (Wildman–Crippen MR) is 105 cm³/mol. The second kappa shape index (κ2) is 5.46. The molecule has 0 radical (unpaired) electrons. The number of nitrogens with zero attached hydrogens (tertiary/aromatic N) is 1. The number of ether oxygens (including phenoxy) is 1. The normalized spacial score (nSPS) is 44.7. The van der Waals surface area contributed by atoms with Crippen LogP contribution in [0.4, 0.5) is 5.69 Å². The van der Waals surface area contributed by atoms with Crippen LogP contribution in [0.15, 0.2) is 29.3 Å². The van der Waals surface area contributed by atoms with Gasteiger partial charge in [-0.2, -0.15) is 0 Å². The molecular weight excluding hydrogens is 334 g/mol. The van der Waals surface area contributed by atoms with Crippen LogP contribution in [0.25, 0.3) is 0 Å². The van der Waals surface area contributed by atoms with Crippen LogP contribution in [-0.4, -0.2) is 18.3 Å². The molecule has 1 spiro atoms. The highest BCUT2D eigenvalue weighted by Crippen LogP contribution is 2.92. The monoisotopic (exact) mass is 363 g/mol. The van der Waals surface area contributed by atoms with E-state index >= 15 is 0 Å². The lowest BCUT2D eigenvalue weighted by Crippen LogP contribution is -2.87. The standard InChI is InChI=1S/C24H29NO2/c1-2-27-22(26)20-5-3-4-6-21(20)25-19-9-7-15(8-10-19)23-13-17-11-16-12-18(14-23)24(16,17)23/h7-10,16-18,20H,2-6,11-14H2,1H3. The number of carbonyl (C=O) groups is 1. The molecule has 0 saturated heterocycles. The Labute approximate surface area is 161 Å². The van der Waals surface area contributed by atoms with Crippen molar-refractivity contribution < 1.29 is 9.53 Å². The Morgan fingerprint density at radius 3 is 2.48 bits per heavy atom. The minimum Gasteiger partial charge on any atom is -0.465 e. The van der Waals surface area contributed by atoms with Gasteiger partial charge in [0.15, 0.2) is 0 Å². The first-order chi connectivity index (χ1) is 13.2. The Hall–Kier alpha value is -1.64. The Balaban J connectivity index is 1.24. The largest absolute Gasteiger partial charge is 0.465 e. The molecule has 5 aliphatic carbocycles. The molecule has 142 valence electrons. The van der Waals surface area contributed by atoms with Gasteiger partial charge >= 0.3 is 5.97 Å². The maximum atomic E-state index is 12.3. The first-order valence-corrected chi connectivity index (χ1v) is 11.0. The zero-order valence-electron chi connectivity index (χ0n) is 16.2. The predicted octanol–water partition coefficient (Wildman–Crippen LogP) is 5.20. The number of aliphatic imine (C=N–C) groups is 1. The molecule has 0 aromatic heterocycles. The second-order valence-electron chi connectivity index (χ2n) is 9.69. The maximum Gasteiger partial charge on any atom is 0.314 e. The lowest BCUT2D eigenvalue weighted by atomic mass is 9.12. The highest BCUT2D eigenvalue weighted by atomic mass is 16.5. The van der Waals surface area contributed by atoms with E-state index in [1.54, 1.807) is 5.56 Å². The van der Waals surface area contributed by atoms with E-state index in [4.69, 9.17) is 9.73 Å². The Kier molecular flexibility index (Phi) is 3.30. The van der Waals surface area contributed by atoms with Crippen LogP contribution in [0.5, 0.6) is 0 Å². The summed E-state index contributed by atoms with van der Waals surface area (Å²) in [5.74, 6) is 2.90. The summed E-state index contributed by atoms with van der Waals surface area (Å²) in [4.78, 5) is 17.2. The third-order valence-electron chi connectivity index (χ3n) is 9.02. The number of hydrogen-bond acceptors (Lipinski definition) is 3. The average molecular weight is 364 g/mol. The minimum absolute atomic E-state index is 0.0902. The summed E-state index contributed by atoms with van der Waals surface area (Å²) in [6.45, 7) is 2.32. The molecule has 3 unspecified atom stereocenters. The highest BCUT2D eigenvalue weighted by molar-refractivity contribution is 6.03. The van der Waals surface area contributed by atoms with Crippen molar-refractivity contribution in [1.82, 2.24) is 0 Å². The van der Waals surface area contributed by atoms with Crippen LogP contribution < -0.4 is 0 Å². The van der Waals surface area contributed by atoms with Crippen molar-refractivity contribution in [3.63, 3.8) is 0 Å². The number of hydrogen-bond donors (Lipinski definition) is 0. The van der Waals surface area contributed by atoms with Crippen LogP contribution in [0.3, 0.4) is 0 Å². The van der Waals surface area contributed by atoms with Gasteiger partial charge in [-0.1, -0.05) is 18.6 Å². The number of carbonyl (C=O) groups excluding carboxylic acids is 1. The van der Waals surface area contributed by atoms with Gasteiger partial charge in [-0.15, -0.1) is 0 Å². The molecule has 5 saturated carbocycles. The van der Waals surface area contributed by atoms with Crippen molar-refractivity contribution in [2.75, 3.05) is 6.61 Å². The summed E-state index contributed by atoms with van der Waals surface area (Å²) in [5, 5.41) is 0. The first-order valence-electron chi connectivity index (χ1n) is 11.0. The highest BCUT2D eigenvalue weighted by Gasteiger charge is 2.87. The molecule has 6 rings (SSSR count). The Morgan fingerprint density at radius 1 is 1.11 bits per heavy atom. The van der Waals surface area contributed by atoms with Crippen LogP contribution in [-0.2, 0) is 14.9 Å². The van der Waals surface area contributed by atoms with Crippen LogP contribution in [0, 0.1) is 29.1 Å². The number of rotatable bonds is 4. The van der Waals surface area contributed by atoms with Gasteiger partial charge in [0.1, 0.15) is 0 Å². The van der Waals surface area contributed by atoms with E-state index in [-0.39, 0.29) is 11.9 Å². The fourth-order valence-electron chi connectivity index (χ4n) is 8.07. The van der Waals surface area contributed by atoms with Crippen LogP contribution >= 0.6 is 0 Å². The van der Waals surface area contributed by atoms with Gasteiger partial charge in [0.05, 0.1) is 18.2 Å². The van der Waals surface area contributed by atoms with Gasteiger partial charge in [0.2, 0.25) is 0 Å². The van der Waals surface area contributed by atoms with Crippen molar-refractivity contribution in [2.24, 2.45) is 34.1 Å². The maximum absolute atomic E-state index is 12.3. The summed E-state index contributed by atoms with van der Waals surface area (Å²) in [5.41, 5.74) is 4.85. The minimum atomic E-state index is -0.138. The lowest BCUT2D eigenvalue weighted by Gasteiger charge is -2.91. The van der Waals surface area contributed by atoms with E-state index in [1.165, 1.54) is 25.7 Å². The van der Waals surface area contributed by atoms with Crippen LogP contribution in [0.1, 0.15) is 63.9 Å². The van der Waals surface area contributed by atoms with E-state index in [2.05, 4.69) is 24.3 Å². The molecule has 0 amide bonds. The Morgan fingerprint density at radius 2 is 1.85 bits per heavy atom. The van der Waals surface area contributed by atoms with E-state index in [0.717, 1.165) is 60.3 Å². The quantitative estimate of drug-likeness (QED) is 0.690. The molecule has 0 N–H and O–H groups in total. The molecule has 0 bridgehead atoms. The molecule has 0 heterocycles. The van der Waals surface area contributed by atoms with Gasteiger partial charge in [0.25, 0.3) is 0 Å². The number of esters is 1. The third kappa shape index (κ3) is 1.84. The summed E-state index contributed by atoms with van der Waals surface area (Å²) in [6.07, 6.45) is 9.91. The molecule has 0 aliphatic heterocycles. The lowest BCUT2D eigenvalue weighted by molar-refractivity contribution is -0.395. The molecule has 3 heteroatoms. The SMILES string of the molecule is CCOC(=O)C1CCCCC1=Nc1ccc(C23CC4CC5CC(C2)C543)cc1. The van der Waals surface area contributed by atoms with E-state index < -0.39 is 0 Å². The fourth-order valence-corrected chi connectivity index (χ4v) is 8.07. The molecule has 5 fully saturated rings. The van der Waals surface area contributed by atoms with E-state index in [1.807, 2.05) is 6.92 Å². The molecule has 1 aromatic rings. The molecule has 3 nitrogen and oxygen atoms in total.